The monoisotopic (exact) mass is 382 g/mol. The second kappa shape index (κ2) is 9.47. The molecule has 25 heavy (non-hydrogen) atoms. The molecule has 0 bridgehead atoms. The molecule has 9 heteroatoms. The Hall–Kier alpha value is -2.00. The van der Waals surface area contributed by atoms with Gasteiger partial charge in [0.1, 0.15) is 0 Å². The van der Waals surface area contributed by atoms with Crippen LogP contribution in [0, 0.1) is 0 Å². The van der Waals surface area contributed by atoms with E-state index in [1.807, 2.05) is 30.3 Å². The molecule has 1 heterocycles. The van der Waals surface area contributed by atoms with E-state index in [9.17, 15) is 19.2 Å². The van der Waals surface area contributed by atoms with E-state index < -0.39 is 18.0 Å². The zero-order valence-corrected chi connectivity index (χ0v) is 15.2. The van der Waals surface area contributed by atoms with Crippen LogP contribution in [0.5, 0.6) is 0 Å². The van der Waals surface area contributed by atoms with Crippen LogP contribution in [-0.2, 0) is 19.1 Å². The fourth-order valence-electron chi connectivity index (χ4n) is 1.98. The number of carbonyl (C=O) groups excluding carboxylic acids is 4. The van der Waals surface area contributed by atoms with E-state index in [0.29, 0.717) is 0 Å². The average molecular weight is 382 g/mol. The van der Waals surface area contributed by atoms with Gasteiger partial charge in [0.2, 0.25) is 5.91 Å². The van der Waals surface area contributed by atoms with Gasteiger partial charge < -0.3 is 10.1 Å². The van der Waals surface area contributed by atoms with E-state index in [0.717, 1.165) is 21.6 Å². The molecule has 0 aromatic heterocycles. The highest BCUT2D eigenvalue weighted by molar-refractivity contribution is 8.14. The van der Waals surface area contributed by atoms with Gasteiger partial charge in [-0.1, -0.05) is 30.0 Å². The van der Waals surface area contributed by atoms with E-state index >= 15 is 0 Å². The van der Waals surface area contributed by atoms with Crippen molar-refractivity contribution in [2.45, 2.75) is 17.9 Å². The van der Waals surface area contributed by atoms with E-state index in [2.05, 4.69) is 5.32 Å². The molecule has 1 aliphatic heterocycles. The summed E-state index contributed by atoms with van der Waals surface area (Å²) in [6.07, 6.45) is -0.941. The maximum atomic E-state index is 11.9. The van der Waals surface area contributed by atoms with Gasteiger partial charge in [-0.3, -0.25) is 24.1 Å². The Morgan fingerprint density at radius 1 is 1.32 bits per heavy atom. The highest BCUT2D eigenvalue weighted by Crippen LogP contribution is 2.18. The molecular formula is C16H18N2O5S2. The van der Waals surface area contributed by atoms with Crippen molar-refractivity contribution in [1.82, 2.24) is 10.2 Å². The number of esters is 1. The Balaban J connectivity index is 1.66. The van der Waals surface area contributed by atoms with Crippen LogP contribution >= 0.6 is 23.5 Å². The minimum atomic E-state index is -0.941. The van der Waals surface area contributed by atoms with E-state index in [4.69, 9.17) is 4.74 Å². The predicted molar refractivity (Wildman–Crippen MR) is 95.3 cm³/mol. The lowest BCUT2D eigenvalue weighted by Crippen LogP contribution is -2.41. The SMILES string of the molecule is C[C@@H](OC(=O)CSc1ccccc1)C(=O)NCCN1C(=O)CSC1=O. The Kier molecular flexibility index (Phi) is 7.32. The molecule has 1 N–H and O–H groups in total. The van der Waals surface area contributed by atoms with Crippen LogP contribution in [0.4, 0.5) is 4.79 Å². The first-order chi connectivity index (χ1) is 12.0. The van der Waals surface area contributed by atoms with Crippen LogP contribution in [-0.4, -0.2) is 58.6 Å². The molecule has 0 spiro atoms. The minimum Gasteiger partial charge on any atom is -0.452 e. The molecule has 0 unspecified atom stereocenters. The zero-order valence-electron chi connectivity index (χ0n) is 13.6. The summed E-state index contributed by atoms with van der Waals surface area (Å²) in [4.78, 5) is 48.6. The summed E-state index contributed by atoms with van der Waals surface area (Å²) in [5.41, 5.74) is 0. The van der Waals surface area contributed by atoms with Crippen LogP contribution in [0.2, 0.25) is 0 Å². The van der Waals surface area contributed by atoms with Gasteiger partial charge >= 0.3 is 5.97 Å². The molecule has 2 rings (SSSR count). The maximum Gasteiger partial charge on any atom is 0.317 e. The molecule has 0 aliphatic carbocycles. The number of imide groups is 1. The third-order valence-corrected chi connectivity index (χ3v) is 5.10. The molecule has 134 valence electrons. The molecule has 0 radical (unpaired) electrons. The molecule has 3 amide bonds. The molecule has 1 aromatic rings. The minimum absolute atomic E-state index is 0.107. The first-order valence-electron chi connectivity index (χ1n) is 7.59. The largest absolute Gasteiger partial charge is 0.452 e. The summed E-state index contributed by atoms with van der Waals surface area (Å²) < 4.78 is 5.08. The fraction of sp³-hybridized carbons (Fsp3) is 0.375. The Morgan fingerprint density at radius 2 is 2.04 bits per heavy atom. The number of hydrogen-bond acceptors (Lipinski definition) is 7. The highest BCUT2D eigenvalue weighted by Gasteiger charge is 2.29. The first-order valence-corrected chi connectivity index (χ1v) is 9.56. The highest BCUT2D eigenvalue weighted by atomic mass is 32.2. The third-order valence-electron chi connectivity index (χ3n) is 3.25. The third kappa shape index (κ3) is 6.09. The number of thioether (sulfide) groups is 2. The average Bonchev–Trinajstić information content (AvgIpc) is 2.92. The van der Waals surface area contributed by atoms with Crippen molar-refractivity contribution in [3.8, 4) is 0 Å². The van der Waals surface area contributed by atoms with Gasteiger partial charge in [-0.2, -0.15) is 0 Å². The van der Waals surface area contributed by atoms with Gasteiger partial charge in [0.05, 0.1) is 11.5 Å². The van der Waals surface area contributed by atoms with Gasteiger partial charge in [0, 0.05) is 18.0 Å². The van der Waals surface area contributed by atoms with Crippen molar-refractivity contribution in [3.63, 3.8) is 0 Å². The Bertz CT molecular complexity index is 637. The topological polar surface area (TPSA) is 92.8 Å². The van der Waals surface area contributed by atoms with Crippen LogP contribution in [0.3, 0.4) is 0 Å². The summed E-state index contributed by atoms with van der Waals surface area (Å²) >= 11 is 2.27. The van der Waals surface area contributed by atoms with Crippen LogP contribution in [0.15, 0.2) is 35.2 Å². The lowest BCUT2D eigenvalue weighted by Gasteiger charge is -2.16. The molecule has 0 saturated carbocycles. The van der Waals surface area contributed by atoms with Gasteiger partial charge in [-0.25, -0.2) is 0 Å². The summed E-state index contributed by atoms with van der Waals surface area (Å²) in [6.45, 7) is 1.71. The lowest BCUT2D eigenvalue weighted by molar-refractivity contribution is -0.152. The number of hydrogen-bond donors (Lipinski definition) is 1. The van der Waals surface area contributed by atoms with Gasteiger partial charge in [0.15, 0.2) is 6.10 Å². The van der Waals surface area contributed by atoms with E-state index in [1.54, 1.807) is 0 Å². The fourth-order valence-corrected chi connectivity index (χ4v) is 3.43. The Morgan fingerprint density at radius 3 is 2.68 bits per heavy atom. The smallest absolute Gasteiger partial charge is 0.317 e. The molecule has 1 atom stereocenters. The molecule has 1 fully saturated rings. The van der Waals surface area contributed by atoms with Crippen molar-refractivity contribution in [3.05, 3.63) is 30.3 Å². The normalized spacial score (nSPS) is 15.2. The second-order valence-electron chi connectivity index (χ2n) is 5.12. The number of benzene rings is 1. The van der Waals surface area contributed by atoms with Crippen LogP contribution < -0.4 is 5.32 Å². The van der Waals surface area contributed by atoms with Crippen molar-refractivity contribution >= 4 is 46.5 Å². The quantitative estimate of drug-likeness (QED) is 0.538. The lowest BCUT2D eigenvalue weighted by atomic mass is 10.3. The van der Waals surface area contributed by atoms with Gasteiger partial charge in [-0.05, 0) is 19.1 Å². The molecule has 1 aromatic carbocycles. The summed E-state index contributed by atoms with van der Waals surface area (Å²) in [5, 5.41) is 2.24. The summed E-state index contributed by atoms with van der Waals surface area (Å²) in [7, 11) is 0. The molecule has 7 nitrogen and oxygen atoms in total. The van der Waals surface area contributed by atoms with E-state index in [1.165, 1.54) is 18.7 Å². The number of carbonyl (C=O) groups is 4. The van der Waals surface area contributed by atoms with Crippen molar-refractivity contribution in [2.24, 2.45) is 0 Å². The number of amides is 3. The standard InChI is InChI=1S/C16H18N2O5S2/c1-11(23-14(20)10-24-12-5-3-2-4-6-12)15(21)17-7-8-18-13(19)9-25-16(18)22/h2-6,11H,7-10H2,1H3,(H,17,21)/t11-/m1/s1. The summed E-state index contributed by atoms with van der Waals surface area (Å²) in [6, 6.07) is 9.40. The second-order valence-corrected chi connectivity index (χ2v) is 7.10. The van der Waals surface area contributed by atoms with E-state index in [-0.39, 0.29) is 35.7 Å². The van der Waals surface area contributed by atoms with Crippen LogP contribution in [0.1, 0.15) is 6.92 Å². The van der Waals surface area contributed by atoms with Crippen molar-refractivity contribution in [1.29, 1.82) is 0 Å². The predicted octanol–water partition coefficient (Wildman–Crippen LogP) is 1.52. The number of rotatable bonds is 8. The van der Waals surface area contributed by atoms with Crippen molar-refractivity contribution < 1.29 is 23.9 Å². The summed E-state index contributed by atoms with van der Waals surface area (Å²) in [5.74, 6) is -0.973. The maximum absolute atomic E-state index is 11.9. The van der Waals surface area contributed by atoms with Crippen molar-refractivity contribution in [2.75, 3.05) is 24.6 Å². The number of nitrogens with one attached hydrogen (secondary N) is 1. The van der Waals surface area contributed by atoms with Gasteiger partial charge in [0.25, 0.3) is 11.1 Å². The first kappa shape index (κ1) is 19.3. The Labute approximate surface area is 153 Å². The number of nitrogens with zero attached hydrogens (tertiary/aromatic N) is 1. The van der Waals surface area contributed by atoms with Gasteiger partial charge in [-0.15, -0.1) is 11.8 Å². The van der Waals surface area contributed by atoms with Crippen LogP contribution in [0.25, 0.3) is 0 Å². The molecule has 1 aliphatic rings. The zero-order chi connectivity index (χ0) is 18.2. The number of ether oxygens (including phenoxy) is 1. The molecular weight excluding hydrogens is 364 g/mol. The molecule has 1 saturated heterocycles.